The van der Waals surface area contributed by atoms with Crippen LogP contribution in [0.25, 0.3) is 0 Å². The lowest BCUT2D eigenvalue weighted by Gasteiger charge is -2.23. The minimum absolute atomic E-state index is 0.0887. The molecule has 9 nitrogen and oxygen atoms in total. The molecule has 1 aromatic rings. The van der Waals surface area contributed by atoms with Crippen LogP contribution in [0.15, 0.2) is 18.2 Å². The van der Waals surface area contributed by atoms with Gasteiger partial charge in [-0.25, -0.2) is 0 Å². The van der Waals surface area contributed by atoms with Crippen molar-refractivity contribution in [1.82, 2.24) is 0 Å². The van der Waals surface area contributed by atoms with E-state index in [1.807, 2.05) is 34.6 Å². The highest BCUT2D eigenvalue weighted by molar-refractivity contribution is 5.77. The summed E-state index contributed by atoms with van der Waals surface area (Å²) in [5, 5.41) is 0. The fourth-order valence-corrected chi connectivity index (χ4v) is 3.65. The van der Waals surface area contributed by atoms with Crippen LogP contribution in [0.5, 0.6) is 11.5 Å². The first-order valence-electron chi connectivity index (χ1n) is 14.4. The van der Waals surface area contributed by atoms with E-state index in [-0.39, 0.29) is 42.6 Å². The van der Waals surface area contributed by atoms with Gasteiger partial charge in [-0.2, -0.15) is 0 Å². The smallest absolute Gasteiger partial charge is 0.323 e. The van der Waals surface area contributed by atoms with E-state index in [1.54, 1.807) is 32.9 Å². The van der Waals surface area contributed by atoms with Crippen molar-refractivity contribution in [3.8, 4) is 11.5 Å². The third-order valence-electron chi connectivity index (χ3n) is 6.45. The lowest BCUT2D eigenvalue weighted by molar-refractivity contribution is -0.168. The molecule has 0 aromatic heterocycles. The standard InChI is InChI=1S/C31H49NO8/c1-9-10-21(6)30(35)37-22(7)23(8)38-31(36)25(32)17-24-13-14-26(39-28(33)15-11-19(2)3)27(18-24)40-29(34)16-12-20(4)5/h13-14,18-23,25H,9-12,15-17,32H2,1-8H3/t21?,22-,23-,25-/m0/s1. The maximum absolute atomic E-state index is 12.7. The van der Waals surface area contributed by atoms with Gasteiger partial charge in [-0.05, 0) is 69.1 Å². The Kier molecular flexibility index (Phi) is 15.5. The summed E-state index contributed by atoms with van der Waals surface area (Å²) in [6.07, 6.45) is 2.12. The van der Waals surface area contributed by atoms with E-state index in [2.05, 4.69) is 0 Å². The number of benzene rings is 1. The van der Waals surface area contributed by atoms with Crippen LogP contribution in [0, 0.1) is 17.8 Å². The van der Waals surface area contributed by atoms with Gasteiger partial charge in [0.25, 0.3) is 0 Å². The molecule has 1 aromatic carbocycles. The molecule has 0 aliphatic heterocycles. The van der Waals surface area contributed by atoms with Gasteiger partial charge in [-0.1, -0.05) is 54.0 Å². The van der Waals surface area contributed by atoms with E-state index in [1.165, 1.54) is 6.07 Å². The molecule has 0 fully saturated rings. The Bertz CT molecular complexity index is 974. The van der Waals surface area contributed by atoms with Crippen LogP contribution in [0.1, 0.15) is 99.5 Å². The number of hydrogen-bond donors (Lipinski definition) is 1. The Morgan fingerprint density at radius 1 is 0.725 bits per heavy atom. The van der Waals surface area contributed by atoms with Crippen LogP contribution in [0.3, 0.4) is 0 Å². The third-order valence-corrected chi connectivity index (χ3v) is 6.45. The Morgan fingerprint density at radius 3 is 1.73 bits per heavy atom. The Labute approximate surface area is 239 Å². The van der Waals surface area contributed by atoms with Crippen LogP contribution >= 0.6 is 0 Å². The molecule has 0 radical (unpaired) electrons. The largest absolute Gasteiger partial charge is 0.459 e. The summed E-state index contributed by atoms with van der Waals surface area (Å²) >= 11 is 0. The van der Waals surface area contributed by atoms with Crippen LogP contribution in [-0.2, 0) is 35.1 Å². The molecule has 0 aliphatic rings. The summed E-state index contributed by atoms with van der Waals surface area (Å²) in [5.41, 5.74) is 6.73. The molecule has 0 spiro atoms. The molecular formula is C31H49NO8. The zero-order valence-electron chi connectivity index (χ0n) is 25.5. The first-order chi connectivity index (χ1) is 18.7. The number of carbonyl (C=O) groups excluding carboxylic acids is 4. The van der Waals surface area contributed by atoms with Crippen LogP contribution in [0.4, 0.5) is 0 Å². The van der Waals surface area contributed by atoms with Crippen molar-refractivity contribution in [2.24, 2.45) is 23.5 Å². The van der Waals surface area contributed by atoms with Gasteiger partial charge in [0.05, 0.1) is 5.92 Å². The van der Waals surface area contributed by atoms with Crippen molar-refractivity contribution in [3.05, 3.63) is 23.8 Å². The zero-order valence-corrected chi connectivity index (χ0v) is 25.5. The fourth-order valence-electron chi connectivity index (χ4n) is 3.65. The first kappa shape index (κ1) is 35.1. The molecule has 9 heteroatoms. The number of rotatable bonds is 17. The molecule has 0 amide bonds. The summed E-state index contributed by atoms with van der Waals surface area (Å²) in [6.45, 7) is 15.2. The van der Waals surface area contributed by atoms with Crippen molar-refractivity contribution >= 4 is 23.9 Å². The van der Waals surface area contributed by atoms with E-state index >= 15 is 0 Å². The van der Waals surface area contributed by atoms with Crippen LogP contribution < -0.4 is 15.2 Å². The predicted molar refractivity (Wildman–Crippen MR) is 153 cm³/mol. The van der Waals surface area contributed by atoms with Crippen molar-refractivity contribution in [2.45, 2.75) is 119 Å². The van der Waals surface area contributed by atoms with E-state index < -0.39 is 36.2 Å². The first-order valence-corrected chi connectivity index (χ1v) is 14.4. The van der Waals surface area contributed by atoms with Gasteiger partial charge in [-0.3, -0.25) is 19.2 Å². The molecule has 0 bridgehead atoms. The molecule has 0 saturated heterocycles. The Hall–Kier alpha value is -2.94. The summed E-state index contributed by atoms with van der Waals surface area (Å²) in [4.78, 5) is 49.7. The topological polar surface area (TPSA) is 131 Å². The van der Waals surface area contributed by atoms with Crippen LogP contribution in [0.2, 0.25) is 0 Å². The summed E-state index contributed by atoms with van der Waals surface area (Å²) in [6, 6.07) is 3.72. The highest BCUT2D eigenvalue weighted by atomic mass is 16.6. The van der Waals surface area contributed by atoms with E-state index in [0.717, 1.165) is 12.8 Å². The quantitative estimate of drug-likeness (QED) is 0.192. The number of carbonyl (C=O) groups is 4. The molecule has 226 valence electrons. The third kappa shape index (κ3) is 13.4. The van der Waals surface area contributed by atoms with Gasteiger partial charge in [-0.15, -0.1) is 0 Å². The maximum Gasteiger partial charge on any atom is 0.323 e. The monoisotopic (exact) mass is 563 g/mol. The van der Waals surface area contributed by atoms with Gasteiger partial charge in [0, 0.05) is 12.8 Å². The van der Waals surface area contributed by atoms with E-state index in [4.69, 9.17) is 24.7 Å². The minimum Gasteiger partial charge on any atom is -0.459 e. The van der Waals surface area contributed by atoms with Crippen molar-refractivity contribution in [2.75, 3.05) is 0 Å². The maximum atomic E-state index is 12.7. The number of ether oxygens (including phenoxy) is 4. The van der Waals surface area contributed by atoms with Gasteiger partial charge in [0.2, 0.25) is 0 Å². The summed E-state index contributed by atoms with van der Waals surface area (Å²) in [5.74, 6) is -1.19. The highest BCUT2D eigenvalue weighted by Crippen LogP contribution is 2.30. The molecule has 0 aliphatic carbocycles. The van der Waals surface area contributed by atoms with Crippen molar-refractivity contribution in [1.29, 1.82) is 0 Å². The van der Waals surface area contributed by atoms with Crippen molar-refractivity contribution < 1.29 is 38.1 Å². The van der Waals surface area contributed by atoms with Crippen molar-refractivity contribution in [3.63, 3.8) is 0 Å². The number of esters is 4. The summed E-state index contributed by atoms with van der Waals surface area (Å²) in [7, 11) is 0. The predicted octanol–water partition coefficient (Wildman–Crippen LogP) is 5.54. The average molecular weight is 564 g/mol. The molecule has 0 heterocycles. The van der Waals surface area contributed by atoms with E-state index in [9.17, 15) is 19.2 Å². The van der Waals surface area contributed by atoms with Crippen LogP contribution in [-0.4, -0.2) is 42.1 Å². The highest BCUT2D eigenvalue weighted by Gasteiger charge is 2.26. The Morgan fingerprint density at radius 2 is 1.23 bits per heavy atom. The molecule has 4 atom stereocenters. The van der Waals surface area contributed by atoms with Gasteiger partial charge < -0.3 is 24.7 Å². The molecule has 2 N–H and O–H groups in total. The van der Waals surface area contributed by atoms with Gasteiger partial charge in [0.15, 0.2) is 11.5 Å². The number of hydrogen-bond acceptors (Lipinski definition) is 9. The Balaban J connectivity index is 2.91. The normalized spacial score (nSPS) is 14.3. The molecular weight excluding hydrogens is 514 g/mol. The fraction of sp³-hybridized carbons (Fsp3) is 0.677. The zero-order chi connectivity index (χ0) is 30.4. The second kappa shape index (κ2) is 17.7. The van der Waals surface area contributed by atoms with Gasteiger partial charge in [0.1, 0.15) is 18.2 Å². The second-order valence-electron chi connectivity index (χ2n) is 11.4. The average Bonchev–Trinajstić information content (AvgIpc) is 2.87. The second-order valence-corrected chi connectivity index (χ2v) is 11.4. The molecule has 1 unspecified atom stereocenters. The van der Waals surface area contributed by atoms with Gasteiger partial charge >= 0.3 is 23.9 Å². The minimum atomic E-state index is -1.02. The molecule has 0 saturated carbocycles. The van der Waals surface area contributed by atoms with E-state index in [0.29, 0.717) is 30.2 Å². The molecule has 1 rings (SSSR count). The SMILES string of the molecule is CCCC(C)C(=O)O[C@@H](C)[C@H](C)OC(=O)[C@@H](N)Cc1ccc(OC(=O)CCC(C)C)c(OC(=O)CCC(C)C)c1. The number of nitrogens with two attached hydrogens (primary N) is 1. The lowest BCUT2D eigenvalue weighted by Crippen LogP contribution is -2.40. The molecule has 40 heavy (non-hydrogen) atoms. The lowest BCUT2D eigenvalue weighted by atomic mass is 10.1. The summed E-state index contributed by atoms with van der Waals surface area (Å²) < 4.78 is 21.9.